The molecule has 0 fully saturated rings. The predicted octanol–water partition coefficient (Wildman–Crippen LogP) is 2.82. The van der Waals surface area contributed by atoms with Crippen LogP contribution in [0.4, 0.5) is 0 Å². The third kappa shape index (κ3) is 9.25. The van der Waals surface area contributed by atoms with Crippen molar-refractivity contribution in [2.45, 2.75) is 40.0 Å². The quantitative estimate of drug-likeness (QED) is 0.203. The van der Waals surface area contributed by atoms with Gasteiger partial charge in [-0.25, -0.2) is 0 Å². The molecule has 6 nitrogen and oxygen atoms in total. The summed E-state index contributed by atoms with van der Waals surface area (Å²) in [6.07, 6.45) is 6.23. The van der Waals surface area contributed by atoms with E-state index in [1.54, 1.807) is 12.4 Å². The summed E-state index contributed by atoms with van der Waals surface area (Å²) in [7, 11) is 0. The van der Waals surface area contributed by atoms with Gasteiger partial charge in [-0.15, -0.1) is 24.0 Å². The minimum absolute atomic E-state index is 0. The van der Waals surface area contributed by atoms with Gasteiger partial charge >= 0.3 is 0 Å². The van der Waals surface area contributed by atoms with Gasteiger partial charge in [0.25, 0.3) is 0 Å². The number of pyridine rings is 1. The fraction of sp³-hybridized carbons (Fsp3) is 0.667. The summed E-state index contributed by atoms with van der Waals surface area (Å²) in [5.74, 6) is 1.55. The van der Waals surface area contributed by atoms with E-state index in [2.05, 4.69) is 29.5 Å². The van der Waals surface area contributed by atoms with Crippen molar-refractivity contribution in [1.82, 2.24) is 15.6 Å². The van der Waals surface area contributed by atoms with Crippen molar-refractivity contribution in [3.63, 3.8) is 0 Å². The maximum atomic E-state index is 9.31. The van der Waals surface area contributed by atoms with Crippen LogP contribution in [0.1, 0.15) is 40.0 Å². The first-order valence-corrected chi connectivity index (χ1v) is 8.85. The number of hydrogen-bond acceptors (Lipinski definition) is 4. The lowest BCUT2D eigenvalue weighted by atomic mass is 9.79. The second-order valence-corrected chi connectivity index (χ2v) is 5.84. The Morgan fingerprint density at radius 2 is 2.04 bits per heavy atom. The summed E-state index contributed by atoms with van der Waals surface area (Å²) >= 11 is 0. The number of halogens is 1. The van der Waals surface area contributed by atoms with Gasteiger partial charge in [-0.1, -0.05) is 13.8 Å². The van der Waals surface area contributed by atoms with Crippen LogP contribution in [0.2, 0.25) is 0 Å². The molecule has 0 bridgehead atoms. The Morgan fingerprint density at radius 1 is 1.28 bits per heavy atom. The number of aliphatic hydroxyl groups is 1. The summed E-state index contributed by atoms with van der Waals surface area (Å²) in [5.41, 5.74) is 0.0727. The molecule has 0 spiro atoms. The van der Waals surface area contributed by atoms with Crippen molar-refractivity contribution in [3.8, 4) is 5.75 Å². The van der Waals surface area contributed by atoms with E-state index in [9.17, 15) is 5.11 Å². The van der Waals surface area contributed by atoms with Crippen LogP contribution in [0.5, 0.6) is 5.75 Å². The van der Waals surface area contributed by atoms with Gasteiger partial charge in [0, 0.05) is 25.9 Å². The molecule has 1 rings (SSSR count). The molecule has 1 aromatic heterocycles. The molecule has 3 N–H and O–H groups in total. The highest BCUT2D eigenvalue weighted by Gasteiger charge is 2.25. The lowest BCUT2D eigenvalue weighted by molar-refractivity contribution is 0.175. The molecule has 1 heterocycles. The Hall–Kier alpha value is -1.09. The van der Waals surface area contributed by atoms with Crippen molar-refractivity contribution in [2.24, 2.45) is 10.4 Å². The van der Waals surface area contributed by atoms with Gasteiger partial charge < -0.3 is 20.5 Å². The third-order valence-corrected chi connectivity index (χ3v) is 4.36. The lowest BCUT2D eigenvalue weighted by Crippen LogP contribution is -2.40. The Balaban J connectivity index is 0.00000576. The second-order valence-electron chi connectivity index (χ2n) is 5.84. The average Bonchev–Trinajstić information content (AvgIpc) is 2.63. The molecular weight excluding hydrogens is 431 g/mol. The van der Waals surface area contributed by atoms with Crippen LogP contribution in [0.25, 0.3) is 0 Å². The van der Waals surface area contributed by atoms with E-state index in [1.807, 2.05) is 19.1 Å². The number of ether oxygens (including phenoxy) is 1. The molecule has 144 valence electrons. The van der Waals surface area contributed by atoms with Crippen molar-refractivity contribution >= 4 is 29.9 Å². The van der Waals surface area contributed by atoms with E-state index in [0.717, 1.165) is 37.5 Å². The molecule has 0 aliphatic heterocycles. The Labute approximate surface area is 168 Å². The maximum Gasteiger partial charge on any atom is 0.191 e. The van der Waals surface area contributed by atoms with Gasteiger partial charge in [0.2, 0.25) is 0 Å². The summed E-state index contributed by atoms with van der Waals surface area (Å²) in [4.78, 5) is 8.72. The third-order valence-electron chi connectivity index (χ3n) is 4.36. The van der Waals surface area contributed by atoms with Crippen LogP contribution in [0, 0.1) is 5.41 Å². The molecule has 1 aromatic rings. The Bertz CT molecular complexity index is 467. The average molecular weight is 464 g/mol. The second kappa shape index (κ2) is 14.1. The van der Waals surface area contributed by atoms with Crippen LogP contribution in [0.15, 0.2) is 29.5 Å². The fourth-order valence-electron chi connectivity index (χ4n) is 2.50. The van der Waals surface area contributed by atoms with Crippen LogP contribution >= 0.6 is 24.0 Å². The highest BCUT2D eigenvalue weighted by Crippen LogP contribution is 2.30. The van der Waals surface area contributed by atoms with E-state index in [4.69, 9.17) is 9.73 Å². The van der Waals surface area contributed by atoms with E-state index in [1.165, 1.54) is 0 Å². The van der Waals surface area contributed by atoms with Gasteiger partial charge in [-0.05, 0) is 43.7 Å². The number of aliphatic imine (C=N–C) groups is 1. The normalized spacial score (nSPS) is 11.6. The Kier molecular flexibility index (Phi) is 13.5. The number of guanidine groups is 1. The number of rotatable bonds is 11. The highest BCUT2D eigenvalue weighted by atomic mass is 127. The summed E-state index contributed by atoms with van der Waals surface area (Å²) in [6.45, 7) is 9.29. The van der Waals surface area contributed by atoms with Crippen LogP contribution in [-0.4, -0.2) is 48.9 Å². The van der Waals surface area contributed by atoms with Crippen LogP contribution < -0.4 is 15.4 Å². The van der Waals surface area contributed by atoms with Crippen molar-refractivity contribution in [2.75, 3.05) is 32.8 Å². The van der Waals surface area contributed by atoms with Gasteiger partial charge in [0.15, 0.2) is 5.96 Å². The topological polar surface area (TPSA) is 78.8 Å². The number of nitrogens with zero attached hydrogens (tertiary/aromatic N) is 2. The fourth-order valence-corrected chi connectivity index (χ4v) is 2.50. The number of aliphatic hydroxyl groups excluding tert-OH is 1. The first-order chi connectivity index (χ1) is 11.7. The summed E-state index contributed by atoms with van der Waals surface area (Å²) in [5, 5.41) is 15.9. The summed E-state index contributed by atoms with van der Waals surface area (Å²) in [6, 6.07) is 3.74. The molecule has 0 unspecified atom stereocenters. The molecule has 0 aliphatic carbocycles. The standard InChI is InChI=1S/C18H32N4O2.HI/c1-4-18(5-2,9-12-23)15-22-17(20-6-3)21-11-13-24-16-8-7-10-19-14-16;/h7-8,10,14,23H,4-6,9,11-13,15H2,1-3H3,(H2,20,21,22);1H. The monoisotopic (exact) mass is 464 g/mol. The number of hydrogen-bond donors (Lipinski definition) is 3. The minimum Gasteiger partial charge on any atom is -0.490 e. The van der Waals surface area contributed by atoms with Crippen LogP contribution in [0.3, 0.4) is 0 Å². The smallest absolute Gasteiger partial charge is 0.191 e. The maximum absolute atomic E-state index is 9.31. The van der Waals surface area contributed by atoms with E-state index >= 15 is 0 Å². The number of nitrogens with one attached hydrogen (secondary N) is 2. The van der Waals surface area contributed by atoms with Crippen LogP contribution in [-0.2, 0) is 0 Å². The van der Waals surface area contributed by atoms with Crippen molar-refractivity contribution in [3.05, 3.63) is 24.5 Å². The zero-order valence-electron chi connectivity index (χ0n) is 15.6. The highest BCUT2D eigenvalue weighted by molar-refractivity contribution is 14.0. The van der Waals surface area contributed by atoms with E-state index in [0.29, 0.717) is 19.7 Å². The molecular formula is C18H33IN4O2. The molecule has 0 aliphatic rings. The molecule has 0 aromatic carbocycles. The van der Waals surface area contributed by atoms with Gasteiger partial charge in [-0.3, -0.25) is 9.98 Å². The molecule has 0 atom stereocenters. The molecule has 0 saturated heterocycles. The van der Waals surface area contributed by atoms with E-state index in [-0.39, 0.29) is 36.0 Å². The van der Waals surface area contributed by atoms with Gasteiger partial charge in [-0.2, -0.15) is 0 Å². The predicted molar refractivity (Wildman–Crippen MR) is 114 cm³/mol. The molecule has 0 radical (unpaired) electrons. The molecule has 7 heteroatoms. The van der Waals surface area contributed by atoms with Gasteiger partial charge in [0.05, 0.1) is 12.7 Å². The van der Waals surface area contributed by atoms with Gasteiger partial charge in [0.1, 0.15) is 12.4 Å². The lowest BCUT2D eigenvalue weighted by Gasteiger charge is -2.29. The molecule has 0 saturated carbocycles. The molecule has 0 amide bonds. The zero-order valence-corrected chi connectivity index (χ0v) is 18.0. The zero-order chi connectivity index (χ0) is 17.7. The minimum atomic E-state index is 0. The van der Waals surface area contributed by atoms with Crippen molar-refractivity contribution < 1.29 is 9.84 Å². The first-order valence-electron chi connectivity index (χ1n) is 8.85. The largest absolute Gasteiger partial charge is 0.490 e. The number of aromatic nitrogens is 1. The van der Waals surface area contributed by atoms with E-state index < -0.39 is 0 Å². The van der Waals surface area contributed by atoms with Crippen molar-refractivity contribution in [1.29, 1.82) is 0 Å². The SMILES string of the molecule is CCNC(=NCC(CC)(CC)CCO)NCCOc1cccnc1.I. The summed E-state index contributed by atoms with van der Waals surface area (Å²) < 4.78 is 5.62. The first kappa shape index (κ1) is 23.9. The Morgan fingerprint density at radius 3 is 2.60 bits per heavy atom. The molecule has 25 heavy (non-hydrogen) atoms.